The zero-order valence-electron chi connectivity index (χ0n) is 15.7. The Labute approximate surface area is 161 Å². The molecule has 0 aromatic heterocycles. The van der Waals surface area contributed by atoms with Gasteiger partial charge in [0.1, 0.15) is 11.4 Å². The fraction of sp³-hybridized carbons (Fsp3) is 0.556. The van der Waals surface area contributed by atoms with E-state index in [0.29, 0.717) is 11.6 Å². The van der Waals surface area contributed by atoms with Gasteiger partial charge in [-0.1, -0.05) is 11.8 Å². The maximum atomic E-state index is 14.5. The molecule has 1 N–H and O–H groups in total. The quantitative estimate of drug-likeness (QED) is 0.758. The molecular formula is C18H23FN3O4S-. The topological polar surface area (TPSA) is 88.4 Å². The highest BCUT2D eigenvalue weighted by atomic mass is 32.2. The zero-order valence-corrected chi connectivity index (χ0v) is 16.5. The highest BCUT2D eigenvalue weighted by molar-refractivity contribution is 8.13. The number of hydrogen-bond acceptors (Lipinski definition) is 7. The van der Waals surface area contributed by atoms with Crippen molar-refractivity contribution in [2.24, 2.45) is 10.9 Å². The van der Waals surface area contributed by atoms with Gasteiger partial charge in [-0.05, 0) is 57.7 Å². The molecule has 3 rings (SSSR count). The molecule has 0 unspecified atom stereocenters. The summed E-state index contributed by atoms with van der Waals surface area (Å²) in [6.07, 6.45) is 0.909. The lowest BCUT2D eigenvalue weighted by molar-refractivity contribution is 0.0405. The van der Waals surface area contributed by atoms with Crippen molar-refractivity contribution >= 4 is 28.7 Å². The second-order valence-electron chi connectivity index (χ2n) is 7.83. The average molecular weight is 396 g/mol. The molecule has 1 heterocycles. The van der Waals surface area contributed by atoms with E-state index in [1.165, 1.54) is 28.8 Å². The molecule has 1 aromatic carbocycles. The van der Waals surface area contributed by atoms with Gasteiger partial charge in [0, 0.05) is 18.4 Å². The number of amidine groups is 1. The van der Waals surface area contributed by atoms with Crippen molar-refractivity contribution in [2.45, 2.75) is 44.8 Å². The van der Waals surface area contributed by atoms with Gasteiger partial charge >= 0.3 is 6.09 Å². The minimum Gasteiger partial charge on any atom is -0.733 e. The van der Waals surface area contributed by atoms with Gasteiger partial charge in [0.15, 0.2) is 5.17 Å². The summed E-state index contributed by atoms with van der Waals surface area (Å²) in [5.41, 5.74) is -1.26. The number of rotatable bonds is 2. The molecule has 1 aromatic rings. The second kappa shape index (κ2) is 6.96. The van der Waals surface area contributed by atoms with Crippen LogP contribution >= 0.6 is 11.8 Å². The number of carbonyl (C=O) groups is 1. The second-order valence-corrected chi connectivity index (χ2v) is 8.90. The molecule has 2 atom stereocenters. The average Bonchev–Trinajstić information content (AvgIpc) is 3.26. The third-order valence-electron chi connectivity index (χ3n) is 4.66. The summed E-state index contributed by atoms with van der Waals surface area (Å²) < 4.78 is 19.9. The van der Waals surface area contributed by atoms with Gasteiger partial charge in [-0.3, -0.25) is 15.1 Å². The van der Waals surface area contributed by atoms with E-state index in [1.807, 2.05) is 0 Å². The fourth-order valence-electron chi connectivity index (χ4n) is 3.22. The molecule has 1 saturated carbocycles. The van der Waals surface area contributed by atoms with Crippen LogP contribution in [-0.2, 0) is 10.3 Å². The Bertz CT molecular complexity index is 780. The lowest BCUT2D eigenvalue weighted by atomic mass is 10.0. The molecule has 9 heteroatoms. The van der Waals surface area contributed by atoms with Crippen molar-refractivity contribution < 1.29 is 19.1 Å². The zero-order chi connectivity index (χ0) is 20.0. The Balaban J connectivity index is 1.95. The molecule has 0 saturated heterocycles. The van der Waals surface area contributed by atoms with Gasteiger partial charge in [-0.2, -0.15) is 0 Å². The van der Waals surface area contributed by atoms with Crippen molar-refractivity contribution in [1.29, 1.82) is 0 Å². The van der Waals surface area contributed by atoms with Crippen LogP contribution in [0.5, 0.6) is 0 Å². The normalized spacial score (nSPS) is 24.4. The number of thioether (sulfide) groups is 1. The molecular weight excluding hydrogens is 373 g/mol. The number of anilines is 1. The number of ether oxygens (including phenoxy) is 1. The van der Waals surface area contributed by atoms with Gasteiger partial charge < -0.3 is 15.2 Å². The van der Waals surface area contributed by atoms with Crippen LogP contribution in [0, 0.1) is 16.9 Å². The molecule has 2 aliphatic rings. The Morgan fingerprint density at radius 1 is 1.48 bits per heavy atom. The lowest BCUT2D eigenvalue weighted by Crippen LogP contribution is -2.37. The molecule has 0 bridgehead atoms. The summed E-state index contributed by atoms with van der Waals surface area (Å²) in [6.45, 7) is 5.34. The van der Waals surface area contributed by atoms with Crippen LogP contribution in [0.15, 0.2) is 23.2 Å². The first kappa shape index (κ1) is 19.9. The SMILES string of the molecule is CN(C(=O)OC(C)(C)C)C1=N[C@@]2(c3cc(N([O-])O)ccc3F)C[C@H]2CCS1. The minimum atomic E-state index is -0.828. The van der Waals surface area contributed by atoms with Gasteiger partial charge in [0.25, 0.3) is 0 Å². The summed E-state index contributed by atoms with van der Waals surface area (Å²) in [6, 6.07) is 3.69. The first-order chi connectivity index (χ1) is 12.5. The van der Waals surface area contributed by atoms with Crippen molar-refractivity contribution in [3.63, 3.8) is 0 Å². The lowest BCUT2D eigenvalue weighted by Gasteiger charge is -2.26. The number of halogens is 1. The minimum absolute atomic E-state index is 0.0550. The smallest absolute Gasteiger partial charge is 0.416 e. The van der Waals surface area contributed by atoms with E-state index in [2.05, 4.69) is 0 Å². The van der Waals surface area contributed by atoms with Gasteiger partial charge in [-0.25, -0.2) is 9.18 Å². The maximum absolute atomic E-state index is 14.5. The third kappa shape index (κ3) is 4.04. The first-order valence-electron chi connectivity index (χ1n) is 8.69. The van der Waals surface area contributed by atoms with Gasteiger partial charge in [0.05, 0.1) is 11.2 Å². The van der Waals surface area contributed by atoms with Crippen LogP contribution in [0.3, 0.4) is 0 Å². The summed E-state index contributed by atoms with van der Waals surface area (Å²) in [7, 11) is 1.58. The van der Waals surface area contributed by atoms with Crippen LogP contribution in [0.25, 0.3) is 0 Å². The number of amides is 1. The van der Waals surface area contributed by atoms with E-state index in [-0.39, 0.29) is 22.4 Å². The van der Waals surface area contributed by atoms with Gasteiger partial charge in [0.2, 0.25) is 0 Å². The van der Waals surface area contributed by atoms with Crippen molar-refractivity contribution in [3.05, 3.63) is 34.8 Å². The number of carbonyl (C=O) groups excluding carboxylic acids is 1. The maximum Gasteiger partial charge on any atom is 0.416 e. The summed E-state index contributed by atoms with van der Waals surface area (Å²) >= 11 is 1.42. The number of hydrogen-bond donors (Lipinski definition) is 1. The van der Waals surface area contributed by atoms with Crippen LogP contribution in [0.1, 0.15) is 39.2 Å². The van der Waals surface area contributed by atoms with Crippen LogP contribution in [0.2, 0.25) is 0 Å². The molecule has 0 spiro atoms. The van der Waals surface area contributed by atoms with E-state index >= 15 is 0 Å². The predicted octanol–water partition coefficient (Wildman–Crippen LogP) is 4.09. The van der Waals surface area contributed by atoms with E-state index in [4.69, 9.17) is 14.9 Å². The highest BCUT2D eigenvalue weighted by Gasteiger charge is 2.58. The Kier molecular flexibility index (Phi) is 5.13. The fourth-order valence-corrected chi connectivity index (χ4v) is 4.30. The molecule has 1 aliphatic heterocycles. The summed E-state index contributed by atoms with van der Waals surface area (Å²) in [4.78, 5) is 18.5. The van der Waals surface area contributed by atoms with Crippen LogP contribution < -0.4 is 5.23 Å². The summed E-state index contributed by atoms with van der Waals surface area (Å²) in [5.74, 6) is 0.379. The number of nitrogens with zero attached hydrogens (tertiary/aromatic N) is 3. The molecule has 148 valence electrons. The monoisotopic (exact) mass is 396 g/mol. The molecule has 1 amide bonds. The first-order valence-corrected chi connectivity index (χ1v) is 9.67. The predicted molar refractivity (Wildman–Crippen MR) is 102 cm³/mol. The highest BCUT2D eigenvalue weighted by Crippen LogP contribution is 2.60. The van der Waals surface area contributed by atoms with Crippen molar-refractivity contribution in [1.82, 2.24) is 4.90 Å². The van der Waals surface area contributed by atoms with E-state index < -0.39 is 23.1 Å². The molecule has 1 aliphatic carbocycles. The van der Waals surface area contributed by atoms with E-state index in [9.17, 15) is 14.4 Å². The molecule has 7 nitrogen and oxygen atoms in total. The molecule has 1 fully saturated rings. The van der Waals surface area contributed by atoms with Crippen LogP contribution in [-0.4, -0.2) is 39.8 Å². The number of aliphatic imine (C=N–C) groups is 1. The number of benzene rings is 1. The largest absolute Gasteiger partial charge is 0.733 e. The Morgan fingerprint density at radius 3 is 2.81 bits per heavy atom. The van der Waals surface area contributed by atoms with Gasteiger partial charge in [-0.15, -0.1) is 0 Å². The van der Waals surface area contributed by atoms with Crippen molar-refractivity contribution in [3.8, 4) is 0 Å². The Morgan fingerprint density at radius 2 is 2.19 bits per heavy atom. The standard InChI is InChI=1S/C18H23FN3O4S/c1-17(2,3)26-16(23)21(4)15-20-18(10-11(18)7-8-27-15)13-9-12(22(24)25)5-6-14(13)19/h5-6,9,11,24H,7-8,10H2,1-4H3/q-1/t11-,18+/m1/s1. The van der Waals surface area contributed by atoms with Crippen molar-refractivity contribution in [2.75, 3.05) is 18.0 Å². The third-order valence-corrected chi connectivity index (χ3v) is 5.72. The van der Waals surface area contributed by atoms with Crippen LogP contribution in [0.4, 0.5) is 14.9 Å². The molecule has 27 heavy (non-hydrogen) atoms. The van der Waals surface area contributed by atoms with E-state index in [0.717, 1.165) is 18.2 Å². The summed E-state index contributed by atoms with van der Waals surface area (Å²) in [5, 5.41) is 20.5. The Hall–Kier alpha value is -1.84. The number of fused-ring (bicyclic) bond motifs is 1. The molecule has 0 radical (unpaired) electrons. The van der Waals surface area contributed by atoms with E-state index in [1.54, 1.807) is 27.8 Å².